The van der Waals surface area contributed by atoms with Crippen molar-refractivity contribution in [1.82, 2.24) is 4.90 Å². The van der Waals surface area contributed by atoms with Crippen molar-refractivity contribution in [1.29, 1.82) is 0 Å². The molecule has 16 heavy (non-hydrogen) atoms. The third-order valence-electron chi connectivity index (χ3n) is 2.59. The summed E-state index contributed by atoms with van der Waals surface area (Å²) in [6, 6.07) is 7.28. The first-order valence-corrected chi connectivity index (χ1v) is 5.51. The number of ether oxygens (including phenoxy) is 1. The fourth-order valence-electron chi connectivity index (χ4n) is 1.72. The largest absolute Gasteiger partial charge is 0.439 e. The molecule has 1 heterocycles. The number of rotatable bonds is 2. The van der Waals surface area contributed by atoms with Gasteiger partial charge in [0.05, 0.1) is 6.54 Å². The summed E-state index contributed by atoms with van der Waals surface area (Å²) in [5.41, 5.74) is 0.920. The van der Waals surface area contributed by atoms with Crippen LogP contribution in [0.3, 0.4) is 0 Å². The molecule has 1 amide bonds. The van der Waals surface area contributed by atoms with Gasteiger partial charge in [0, 0.05) is 11.1 Å². The van der Waals surface area contributed by atoms with Crippen molar-refractivity contribution in [3.8, 4) is 0 Å². The van der Waals surface area contributed by atoms with Crippen molar-refractivity contribution in [2.24, 2.45) is 0 Å². The molecule has 3 nitrogen and oxygen atoms in total. The van der Waals surface area contributed by atoms with Crippen LogP contribution in [0.5, 0.6) is 0 Å². The first kappa shape index (κ1) is 11.3. The lowest BCUT2D eigenvalue weighted by molar-refractivity contribution is 0.131. The molecular weight excluding hydrogens is 226 g/mol. The number of cyclic esters (lactones) is 1. The van der Waals surface area contributed by atoms with Gasteiger partial charge in [-0.25, -0.2) is 4.79 Å². The molecule has 1 aromatic carbocycles. The van der Waals surface area contributed by atoms with Gasteiger partial charge in [0.25, 0.3) is 0 Å². The number of carbonyl (C=O) groups excluding carboxylic acids is 1. The van der Waals surface area contributed by atoms with E-state index in [1.54, 1.807) is 11.0 Å². The summed E-state index contributed by atoms with van der Waals surface area (Å²) in [5.74, 6) is 0. The number of hydrogen-bond donors (Lipinski definition) is 0. The van der Waals surface area contributed by atoms with E-state index in [9.17, 15) is 4.79 Å². The van der Waals surface area contributed by atoms with Gasteiger partial charge in [0.15, 0.2) is 0 Å². The van der Waals surface area contributed by atoms with Crippen molar-refractivity contribution in [2.45, 2.75) is 19.1 Å². The second-order valence-corrected chi connectivity index (χ2v) is 4.37. The molecule has 2 rings (SSSR count). The second-order valence-electron chi connectivity index (χ2n) is 3.93. The Morgan fingerprint density at radius 3 is 2.94 bits per heavy atom. The minimum absolute atomic E-state index is 0.0864. The fraction of sp³-hybridized carbons (Fsp3) is 0.333. The average molecular weight is 239 g/mol. The number of amides is 1. The van der Waals surface area contributed by atoms with Crippen molar-refractivity contribution in [3.63, 3.8) is 0 Å². The van der Waals surface area contributed by atoms with E-state index in [4.69, 9.17) is 16.3 Å². The van der Waals surface area contributed by atoms with Gasteiger partial charge in [-0.1, -0.05) is 23.7 Å². The van der Waals surface area contributed by atoms with Crippen LogP contribution < -0.4 is 0 Å². The fourth-order valence-corrected chi connectivity index (χ4v) is 1.92. The Morgan fingerprint density at radius 1 is 1.62 bits per heavy atom. The first-order chi connectivity index (χ1) is 7.58. The van der Waals surface area contributed by atoms with Gasteiger partial charge in [-0.05, 0) is 31.5 Å². The monoisotopic (exact) mass is 238 g/mol. The summed E-state index contributed by atoms with van der Waals surface area (Å²) >= 11 is 5.89. The highest BCUT2D eigenvalue weighted by molar-refractivity contribution is 6.30. The van der Waals surface area contributed by atoms with Crippen LogP contribution in [0.25, 0.3) is 0 Å². The van der Waals surface area contributed by atoms with Crippen LogP contribution >= 0.6 is 11.6 Å². The molecule has 85 valence electrons. The highest BCUT2D eigenvalue weighted by Gasteiger charge is 2.33. The molecule has 0 unspecified atom stereocenters. The molecule has 4 heteroatoms. The lowest BCUT2D eigenvalue weighted by Crippen LogP contribution is -2.31. The molecule has 1 aliphatic heterocycles. The predicted molar refractivity (Wildman–Crippen MR) is 62.2 cm³/mol. The molecule has 0 saturated carbocycles. The zero-order valence-electron chi connectivity index (χ0n) is 9.02. The van der Waals surface area contributed by atoms with Gasteiger partial charge in [-0.3, -0.25) is 0 Å². The van der Waals surface area contributed by atoms with Gasteiger partial charge >= 0.3 is 6.09 Å². The van der Waals surface area contributed by atoms with Crippen LogP contribution in [-0.2, 0) is 4.74 Å². The maximum absolute atomic E-state index is 11.5. The summed E-state index contributed by atoms with van der Waals surface area (Å²) in [7, 11) is 0. The zero-order chi connectivity index (χ0) is 11.7. The molecule has 0 aromatic heterocycles. The van der Waals surface area contributed by atoms with Crippen LogP contribution in [0.2, 0.25) is 5.02 Å². The predicted octanol–water partition coefficient (Wildman–Crippen LogP) is 3.06. The molecule has 0 spiro atoms. The molecule has 0 bridgehead atoms. The number of halogens is 1. The number of hydrogen-bond acceptors (Lipinski definition) is 2. The highest BCUT2D eigenvalue weighted by Crippen LogP contribution is 2.28. The molecule has 0 N–H and O–H groups in total. The maximum Gasteiger partial charge on any atom is 0.410 e. The Labute approximate surface area is 100.0 Å². The minimum atomic E-state index is -0.313. The summed E-state index contributed by atoms with van der Waals surface area (Å²) in [4.78, 5) is 13.1. The van der Waals surface area contributed by atoms with Gasteiger partial charge in [0.2, 0.25) is 0 Å². The van der Waals surface area contributed by atoms with E-state index < -0.39 is 0 Å². The average Bonchev–Trinajstić information content (AvgIpc) is 2.60. The number of benzene rings is 1. The maximum atomic E-state index is 11.5. The number of nitrogens with zero attached hydrogens (tertiary/aromatic N) is 1. The Bertz CT molecular complexity index is 406. The Kier molecular flexibility index (Phi) is 3.06. The molecule has 0 aliphatic carbocycles. The smallest absolute Gasteiger partial charge is 0.410 e. The van der Waals surface area contributed by atoms with E-state index in [1.807, 2.05) is 25.1 Å². The van der Waals surface area contributed by atoms with Crippen LogP contribution in [0.4, 0.5) is 4.79 Å². The summed E-state index contributed by atoms with van der Waals surface area (Å²) in [6.45, 7) is 6.21. The quantitative estimate of drug-likeness (QED) is 0.793. The first-order valence-electron chi connectivity index (χ1n) is 5.13. The van der Waals surface area contributed by atoms with E-state index >= 15 is 0 Å². The lowest BCUT2D eigenvalue weighted by Gasteiger charge is -2.16. The van der Waals surface area contributed by atoms with Gasteiger partial charge in [-0.2, -0.15) is 0 Å². The Balaban J connectivity index is 2.17. The lowest BCUT2D eigenvalue weighted by atomic mass is 10.1. The molecule has 1 aliphatic rings. The molecule has 1 saturated heterocycles. The van der Waals surface area contributed by atoms with Crippen LogP contribution in [0.15, 0.2) is 24.3 Å². The van der Waals surface area contributed by atoms with Crippen molar-refractivity contribution >= 4 is 17.7 Å². The summed E-state index contributed by atoms with van der Waals surface area (Å²) < 4.78 is 5.26. The highest BCUT2D eigenvalue weighted by atomic mass is 35.5. The Morgan fingerprint density at radius 2 is 2.38 bits per heavy atom. The van der Waals surface area contributed by atoms with Crippen molar-refractivity contribution in [3.05, 3.63) is 41.8 Å². The van der Waals surface area contributed by atoms with Crippen LogP contribution in [0, 0.1) is 6.92 Å². The molecular formula is C12H13ClNO2. The number of carbonyl (C=O) groups is 1. The molecule has 1 fully saturated rings. The van der Waals surface area contributed by atoms with Gasteiger partial charge < -0.3 is 9.64 Å². The standard InChI is InChI=1S/C12H13ClNO2/c1-8(2)14-7-11(16-12(14)15)9-4-3-5-10(13)6-9/h3-6,8,11H,1,7H2,2H3/t8-,11+/m1/s1. The van der Waals surface area contributed by atoms with E-state index in [0.717, 1.165) is 5.56 Å². The van der Waals surface area contributed by atoms with E-state index in [1.165, 1.54) is 0 Å². The Hall–Kier alpha value is -1.22. The topological polar surface area (TPSA) is 29.5 Å². The molecule has 2 atom stereocenters. The normalized spacial score (nSPS) is 20.4. The van der Waals surface area contributed by atoms with Crippen LogP contribution in [-0.4, -0.2) is 23.6 Å². The minimum Gasteiger partial charge on any atom is -0.439 e. The van der Waals surface area contributed by atoms with Crippen LogP contribution in [0.1, 0.15) is 18.6 Å². The third kappa shape index (κ3) is 2.14. The SMILES string of the molecule is [CH2][C@H](C)N1C[C@@H](c2cccc(Cl)c2)OC1=O. The summed E-state index contributed by atoms with van der Waals surface area (Å²) in [6.07, 6.45) is -0.553. The zero-order valence-corrected chi connectivity index (χ0v) is 9.78. The summed E-state index contributed by atoms with van der Waals surface area (Å²) in [5, 5.41) is 0.648. The second kappa shape index (κ2) is 4.34. The molecule has 1 aromatic rings. The van der Waals surface area contributed by atoms with E-state index in [0.29, 0.717) is 11.6 Å². The van der Waals surface area contributed by atoms with Crippen molar-refractivity contribution < 1.29 is 9.53 Å². The third-order valence-corrected chi connectivity index (χ3v) is 2.83. The van der Waals surface area contributed by atoms with Crippen molar-refractivity contribution in [2.75, 3.05) is 6.54 Å². The van der Waals surface area contributed by atoms with Gasteiger partial charge in [-0.15, -0.1) is 0 Å². The van der Waals surface area contributed by atoms with E-state index in [-0.39, 0.29) is 18.2 Å². The molecule has 1 radical (unpaired) electrons. The van der Waals surface area contributed by atoms with E-state index in [2.05, 4.69) is 6.92 Å². The van der Waals surface area contributed by atoms with Gasteiger partial charge in [0.1, 0.15) is 6.10 Å².